The van der Waals surface area contributed by atoms with Gasteiger partial charge in [0.05, 0.1) is 5.69 Å². The van der Waals surface area contributed by atoms with E-state index in [-0.39, 0.29) is 0 Å². The number of aromatic nitrogens is 2. The third-order valence-electron chi connectivity index (χ3n) is 3.30. The van der Waals surface area contributed by atoms with Crippen molar-refractivity contribution in [2.45, 2.75) is 9.79 Å². The number of hydrogen-bond donors (Lipinski definition) is 3. The molecule has 4 nitrogen and oxygen atoms in total. The van der Waals surface area contributed by atoms with Gasteiger partial charge in [-0.25, -0.2) is 9.37 Å². The maximum Gasteiger partial charge on any atom is 0.228 e. The van der Waals surface area contributed by atoms with Crippen molar-refractivity contribution in [2.75, 3.05) is 19.2 Å². The van der Waals surface area contributed by atoms with Crippen molar-refractivity contribution >= 4 is 36.6 Å². The summed E-state index contributed by atoms with van der Waals surface area (Å²) in [6, 6.07) is 7.21. The lowest BCUT2D eigenvalue weighted by Crippen LogP contribution is -1.92. The number of nitrogens with zero attached hydrogens (tertiary/aromatic N) is 2. The fourth-order valence-electron chi connectivity index (χ4n) is 2.25. The number of alkyl halides is 1. The van der Waals surface area contributed by atoms with Crippen LogP contribution in [-0.4, -0.2) is 23.3 Å². The standard InChI is InChI=1S/C15H14FN3OS2/c1-17-9-2-3-19-7-11(18-14(19)4-9)15-12(21)5-10(20-8-16)6-13(15)22/h2-7,17,21-22H,8H2,1H3. The van der Waals surface area contributed by atoms with Crippen molar-refractivity contribution < 1.29 is 9.13 Å². The quantitative estimate of drug-likeness (QED) is 0.633. The molecular weight excluding hydrogens is 321 g/mol. The molecule has 0 atom stereocenters. The summed E-state index contributed by atoms with van der Waals surface area (Å²) in [4.78, 5) is 5.86. The summed E-state index contributed by atoms with van der Waals surface area (Å²) < 4.78 is 19.1. The fraction of sp³-hybridized carbons (Fsp3) is 0.133. The molecule has 1 N–H and O–H groups in total. The molecule has 0 unspecified atom stereocenters. The molecule has 0 aliphatic rings. The van der Waals surface area contributed by atoms with Gasteiger partial charge in [-0.1, -0.05) is 0 Å². The van der Waals surface area contributed by atoms with E-state index in [1.165, 1.54) is 0 Å². The van der Waals surface area contributed by atoms with E-state index in [0.717, 1.165) is 22.6 Å². The van der Waals surface area contributed by atoms with Crippen molar-refractivity contribution in [3.8, 4) is 17.0 Å². The second kappa shape index (κ2) is 6.10. The van der Waals surface area contributed by atoms with Crippen LogP contribution in [0, 0.1) is 0 Å². The number of hydrogen-bond acceptors (Lipinski definition) is 5. The summed E-state index contributed by atoms with van der Waals surface area (Å²) in [6.07, 6.45) is 3.83. The average molecular weight is 335 g/mol. The fourth-order valence-corrected chi connectivity index (χ4v) is 3.07. The van der Waals surface area contributed by atoms with Gasteiger partial charge >= 0.3 is 0 Å². The van der Waals surface area contributed by atoms with Crippen LogP contribution in [-0.2, 0) is 0 Å². The molecule has 1 aromatic carbocycles. The normalized spacial score (nSPS) is 10.9. The third-order valence-corrected chi connectivity index (χ3v) is 4.00. The summed E-state index contributed by atoms with van der Waals surface area (Å²) in [5.74, 6) is 0.391. The van der Waals surface area contributed by atoms with E-state index < -0.39 is 6.86 Å². The number of benzene rings is 1. The van der Waals surface area contributed by atoms with Crippen LogP contribution in [0.1, 0.15) is 0 Å². The minimum atomic E-state index is -0.888. The number of nitrogens with one attached hydrogen (secondary N) is 1. The molecule has 0 spiro atoms. The van der Waals surface area contributed by atoms with Crippen molar-refractivity contribution in [3.63, 3.8) is 0 Å². The van der Waals surface area contributed by atoms with Crippen LogP contribution < -0.4 is 10.1 Å². The molecule has 0 aliphatic carbocycles. The van der Waals surface area contributed by atoms with Crippen LogP contribution in [0.5, 0.6) is 5.75 Å². The first-order chi connectivity index (χ1) is 10.6. The Balaban J connectivity index is 2.10. The molecule has 0 radical (unpaired) electrons. The summed E-state index contributed by atoms with van der Waals surface area (Å²) in [6.45, 7) is -0.888. The maximum absolute atomic E-state index is 12.3. The monoisotopic (exact) mass is 335 g/mol. The molecule has 0 saturated carbocycles. The van der Waals surface area contributed by atoms with Crippen LogP contribution in [0.2, 0.25) is 0 Å². The molecule has 7 heteroatoms. The van der Waals surface area contributed by atoms with Crippen LogP contribution >= 0.6 is 25.3 Å². The van der Waals surface area contributed by atoms with Gasteiger partial charge in [0.25, 0.3) is 0 Å². The molecule has 0 fully saturated rings. The van der Waals surface area contributed by atoms with Crippen molar-refractivity contribution in [2.24, 2.45) is 0 Å². The zero-order valence-corrected chi connectivity index (χ0v) is 13.5. The maximum atomic E-state index is 12.3. The lowest BCUT2D eigenvalue weighted by atomic mass is 10.1. The Morgan fingerprint density at radius 2 is 2.00 bits per heavy atom. The van der Waals surface area contributed by atoms with E-state index >= 15 is 0 Å². The summed E-state index contributed by atoms with van der Waals surface area (Å²) in [5, 5.41) is 3.08. The molecule has 0 amide bonds. The van der Waals surface area contributed by atoms with Crippen molar-refractivity contribution in [1.29, 1.82) is 0 Å². The Kier molecular flexibility index (Phi) is 4.17. The molecule has 22 heavy (non-hydrogen) atoms. The zero-order valence-electron chi connectivity index (χ0n) is 11.7. The molecule has 2 heterocycles. The highest BCUT2D eigenvalue weighted by Gasteiger charge is 2.13. The highest BCUT2D eigenvalue weighted by molar-refractivity contribution is 7.81. The van der Waals surface area contributed by atoms with Crippen LogP contribution in [0.4, 0.5) is 10.1 Å². The number of rotatable bonds is 4. The number of anilines is 1. The summed E-state index contributed by atoms with van der Waals surface area (Å²) in [5.41, 5.74) is 3.32. The molecular formula is C15H14FN3OS2. The zero-order chi connectivity index (χ0) is 15.7. The van der Waals surface area contributed by atoms with E-state index in [0.29, 0.717) is 15.5 Å². The van der Waals surface area contributed by atoms with Crippen molar-refractivity contribution in [1.82, 2.24) is 9.38 Å². The molecule has 0 aliphatic heterocycles. The molecule has 114 valence electrons. The third kappa shape index (κ3) is 2.74. The van der Waals surface area contributed by atoms with Crippen molar-refractivity contribution in [3.05, 3.63) is 36.7 Å². The van der Waals surface area contributed by atoms with Gasteiger partial charge in [-0.2, -0.15) is 0 Å². The molecule has 2 aromatic heterocycles. The van der Waals surface area contributed by atoms with Gasteiger partial charge in [0.15, 0.2) is 0 Å². The Hall–Kier alpha value is -1.86. The van der Waals surface area contributed by atoms with Gasteiger partial charge in [0, 0.05) is 46.5 Å². The predicted molar refractivity (Wildman–Crippen MR) is 91.3 cm³/mol. The van der Waals surface area contributed by atoms with Gasteiger partial charge in [-0.15, -0.1) is 25.3 Å². The van der Waals surface area contributed by atoms with E-state index in [2.05, 4.69) is 35.6 Å². The van der Waals surface area contributed by atoms with Crippen LogP contribution in [0.25, 0.3) is 16.9 Å². The van der Waals surface area contributed by atoms with Gasteiger partial charge in [0.1, 0.15) is 11.4 Å². The molecule has 3 rings (SSSR count). The lowest BCUT2D eigenvalue weighted by Gasteiger charge is -2.09. The number of pyridine rings is 1. The SMILES string of the molecule is CNc1ccn2cc(-c3c(S)cc(OCF)cc3S)nc2c1. The smallest absolute Gasteiger partial charge is 0.228 e. The van der Waals surface area contributed by atoms with Gasteiger partial charge < -0.3 is 14.5 Å². The highest BCUT2D eigenvalue weighted by Crippen LogP contribution is 2.36. The Morgan fingerprint density at radius 1 is 1.27 bits per heavy atom. The molecule has 3 aromatic rings. The first kappa shape index (κ1) is 15.1. The Bertz CT molecular complexity index is 812. The first-order valence-electron chi connectivity index (χ1n) is 6.54. The number of ether oxygens (including phenoxy) is 1. The Morgan fingerprint density at radius 3 is 2.64 bits per heavy atom. The lowest BCUT2D eigenvalue weighted by molar-refractivity contribution is 0.191. The Labute approximate surface area is 138 Å². The summed E-state index contributed by atoms with van der Waals surface area (Å²) >= 11 is 8.90. The number of fused-ring (bicyclic) bond motifs is 1. The van der Waals surface area contributed by atoms with E-state index in [9.17, 15) is 4.39 Å². The van der Waals surface area contributed by atoms with E-state index in [4.69, 9.17) is 4.74 Å². The number of thiol groups is 2. The second-order valence-corrected chi connectivity index (χ2v) is 5.61. The van der Waals surface area contributed by atoms with Gasteiger partial charge in [-0.3, -0.25) is 0 Å². The highest BCUT2D eigenvalue weighted by atomic mass is 32.1. The molecule has 0 saturated heterocycles. The average Bonchev–Trinajstić information content (AvgIpc) is 2.89. The van der Waals surface area contributed by atoms with Crippen LogP contribution in [0.3, 0.4) is 0 Å². The van der Waals surface area contributed by atoms with Gasteiger partial charge in [-0.05, 0) is 18.2 Å². The second-order valence-electron chi connectivity index (χ2n) is 4.65. The summed E-state index contributed by atoms with van der Waals surface area (Å²) in [7, 11) is 1.86. The van der Waals surface area contributed by atoms with E-state index in [1.807, 2.05) is 36.0 Å². The minimum absolute atomic E-state index is 0.391. The number of imidazole rings is 1. The van der Waals surface area contributed by atoms with E-state index in [1.54, 1.807) is 12.1 Å². The van der Waals surface area contributed by atoms with Crippen LogP contribution in [0.15, 0.2) is 46.5 Å². The first-order valence-corrected chi connectivity index (χ1v) is 7.43. The van der Waals surface area contributed by atoms with Gasteiger partial charge in [0.2, 0.25) is 6.86 Å². The largest absolute Gasteiger partial charge is 0.463 e. The number of halogens is 1. The minimum Gasteiger partial charge on any atom is -0.463 e. The molecule has 0 bridgehead atoms. The predicted octanol–water partition coefficient (Wildman–Crippen LogP) is 3.93. The topological polar surface area (TPSA) is 38.6 Å².